The van der Waals surface area contributed by atoms with Gasteiger partial charge in [-0.3, -0.25) is 14.3 Å². The molecule has 3 rings (SSSR count). The molecule has 4 unspecified atom stereocenters. The molecule has 0 bridgehead atoms. The summed E-state index contributed by atoms with van der Waals surface area (Å²) < 4.78 is 30.0. The van der Waals surface area contributed by atoms with E-state index in [2.05, 4.69) is 29.5 Å². The van der Waals surface area contributed by atoms with E-state index in [-0.39, 0.29) is 0 Å². The van der Waals surface area contributed by atoms with Crippen LogP contribution >= 0.6 is 0 Å². The van der Waals surface area contributed by atoms with Crippen LogP contribution in [0.25, 0.3) is 0 Å². The van der Waals surface area contributed by atoms with Crippen molar-refractivity contribution in [2.45, 2.75) is 198 Å². The number of aromatic nitrogens is 2. The summed E-state index contributed by atoms with van der Waals surface area (Å²) in [5.41, 5.74) is -1.55. The molecule has 0 aromatic carbocycles. The van der Waals surface area contributed by atoms with Crippen molar-refractivity contribution in [3.8, 4) is 0 Å². The highest BCUT2D eigenvalue weighted by Gasteiger charge is 2.52. The van der Waals surface area contributed by atoms with E-state index in [1.165, 1.54) is 77.0 Å². The number of aromatic amines is 1. The number of hydrogen-bond acceptors (Lipinski definition) is 13. The Kier molecular flexibility index (Phi) is 24.2. The van der Waals surface area contributed by atoms with Crippen LogP contribution in [0.5, 0.6) is 0 Å². The number of carbonyl (C=O) groups is 2. The molecule has 0 aliphatic carbocycles. The van der Waals surface area contributed by atoms with E-state index in [0.29, 0.717) is 25.9 Å². The zero-order valence-corrected chi connectivity index (χ0v) is 34.7. The van der Waals surface area contributed by atoms with Crippen LogP contribution in [0, 0.1) is 0 Å². The van der Waals surface area contributed by atoms with Gasteiger partial charge in [-0.25, -0.2) is 14.4 Å². The predicted octanol–water partition coefficient (Wildman–Crippen LogP) is 4.28. The number of nitrogens with one attached hydrogen (secondary N) is 3. The van der Waals surface area contributed by atoms with E-state index in [1.54, 1.807) is 0 Å². The van der Waals surface area contributed by atoms with Gasteiger partial charge in [0.1, 0.15) is 30.5 Å². The fraction of sp³-hybridized carbons (Fsp3) is 0.854. The number of hydrogen-bond donors (Lipinski definition) is 7. The minimum atomic E-state index is -1.73. The molecule has 58 heavy (non-hydrogen) atoms. The first-order valence-corrected chi connectivity index (χ1v) is 21.9. The molecule has 0 radical (unpaired) electrons. The lowest BCUT2D eigenvalue weighted by Gasteiger charge is -2.39. The molecular weight excluding hydrogens is 756 g/mol. The van der Waals surface area contributed by atoms with Crippen molar-refractivity contribution < 1.29 is 53.7 Å². The van der Waals surface area contributed by atoms with Gasteiger partial charge in [0.25, 0.3) is 5.56 Å². The molecule has 3 heterocycles. The number of rotatable bonds is 29. The van der Waals surface area contributed by atoms with Crippen LogP contribution in [0.4, 0.5) is 9.59 Å². The summed E-state index contributed by atoms with van der Waals surface area (Å²) in [5.74, 6) is 0. The van der Waals surface area contributed by atoms with Crippen molar-refractivity contribution in [1.82, 2.24) is 20.2 Å². The third-order valence-electron chi connectivity index (χ3n) is 10.8. The van der Waals surface area contributed by atoms with Crippen LogP contribution in [0.15, 0.2) is 21.9 Å². The van der Waals surface area contributed by atoms with Gasteiger partial charge in [0.05, 0.1) is 13.2 Å². The lowest BCUT2D eigenvalue weighted by molar-refractivity contribution is -0.306. The van der Waals surface area contributed by atoms with Gasteiger partial charge in [0.2, 0.25) is 0 Å². The fourth-order valence-electron chi connectivity index (χ4n) is 7.29. The molecule has 17 nitrogen and oxygen atoms in total. The Bertz CT molecular complexity index is 1390. The summed E-state index contributed by atoms with van der Waals surface area (Å²) in [6, 6.07) is 1.08. The maximum Gasteiger partial charge on any atom is 0.407 e. The van der Waals surface area contributed by atoms with Crippen LogP contribution in [-0.2, 0) is 23.7 Å². The summed E-state index contributed by atoms with van der Waals surface area (Å²) in [6.45, 7) is 3.87. The molecule has 0 spiro atoms. The monoisotopic (exact) mass is 829 g/mol. The quantitative estimate of drug-likeness (QED) is 0.0559. The largest absolute Gasteiger partial charge is 0.439 e. The predicted molar refractivity (Wildman–Crippen MR) is 215 cm³/mol. The van der Waals surface area contributed by atoms with E-state index in [4.69, 9.17) is 23.7 Å². The van der Waals surface area contributed by atoms with Gasteiger partial charge in [-0.05, 0) is 12.8 Å². The second-order valence-electron chi connectivity index (χ2n) is 15.6. The van der Waals surface area contributed by atoms with Crippen molar-refractivity contribution in [2.24, 2.45) is 0 Å². The minimum absolute atomic E-state index is 0.320. The summed E-state index contributed by atoms with van der Waals surface area (Å²) in [4.78, 5) is 53.5. The summed E-state index contributed by atoms with van der Waals surface area (Å²) in [6.07, 6.45) is 8.57. The SMILES string of the molecule is CCCCCCCCCCCCNC(=O)OC1C(CO[C@@H]2O[C@H](CO)[C@@H](O)[C@H](O)[C@H]2O)OC(n2ccc(=O)[nH]c2=O)C1OC(=O)NCCCCCCCCCCCC. The van der Waals surface area contributed by atoms with Gasteiger partial charge in [0.15, 0.2) is 24.7 Å². The third-order valence-corrected chi connectivity index (χ3v) is 10.8. The van der Waals surface area contributed by atoms with E-state index < -0.39 is 91.9 Å². The average Bonchev–Trinajstić information content (AvgIpc) is 3.52. The summed E-state index contributed by atoms with van der Waals surface area (Å²) in [7, 11) is 0. The summed E-state index contributed by atoms with van der Waals surface area (Å²) >= 11 is 0. The molecule has 2 aliphatic rings. The van der Waals surface area contributed by atoms with Crippen LogP contribution < -0.4 is 21.9 Å². The molecule has 1 aromatic rings. The standard InChI is InChI=1S/C41H72N4O13/c1-3-5-7-9-11-13-15-17-19-21-24-42-40(52)57-35-30(28-54-38-34(50)33(49)32(48)29(27-46)56-38)55-37(45-26-23-31(47)44-39(45)51)36(35)58-41(53)43-25-22-20-18-16-14-12-10-8-6-4-2/h23,26,29-30,32-38,46,48-50H,3-22,24-25,27-28H2,1-2H3,(H,42,52)(H,43,53)(H,44,47,51)/t29-,30?,32-,33+,34-,35?,36?,37?,38-/m1/s1. The molecule has 334 valence electrons. The van der Waals surface area contributed by atoms with E-state index in [9.17, 15) is 39.6 Å². The van der Waals surface area contributed by atoms with Crippen molar-refractivity contribution in [1.29, 1.82) is 0 Å². The molecular formula is C41H72N4O13. The number of aliphatic hydroxyl groups excluding tert-OH is 4. The number of unbranched alkanes of at least 4 members (excludes halogenated alkanes) is 18. The van der Waals surface area contributed by atoms with Gasteiger partial charge in [0, 0.05) is 25.4 Å². The number of ether oxygens (including phenoxy) is 5. The second-order valence-corrected chi connectivity index (χ2v) is 15.6. The molecule has 17 heteroatoms. The van der Waals surface area contributed by atoms with Crippen molar-refractivity contribution in [2.75, 3.05) is 26.3 Å². The first-order valence-electron chi connectivity index (χ1n) is 21.9. The van der Waals surface area contributed by atoms with Crippen LogP contribution in [0.2, 0.25) is 0 Å². The zero-order valence-electron chi connectivity index (χ0n) is 34.7. The van der Waals surface area contributed by atoms with Gasteiger partial charge >= 0.3 is 17.9 Å². The van der Waals surface area contributed by atoms with Crippen LogP contribution in [0.1, 0.15) is 148 Å². The smallest absolute Gasteiger partial charge is 0.407 e. The highest BCUT2D eigenvalue weighted by Crippen LogP contribution is 2.34. The van der Waals surface area contributed by atoms with Crippen LogP contribution in [0.3, 0.4) is 0 Å². The molecule has 2 fully saturated rings. The Labute approximate surface area is 342 Å². The highest BCUT2D eigenvalue weighted by atomic mass is 16.7. The van der Waals surface area contributed by atoms with Gasteiger partial charge in [-0.15, -0.1) is 0 Å². The first kappa shape index (κ1) is 49.3. The molecule has 2 amide bonds. The Morgan fingerprint density at radius 2 is 1.16 bits per heavy atom. The van der Waals surface area contributed by atoms with Crippen molar-refractivity contribution in [3.05, 3.63) is 33.1 Å². The Hall–Kier alpha value is -3.06. The Balaban J connectivity index is 1.67. The van der Waals surface area contributed by atoms with Gasteiger partial charge < -0.3 is 54.7 Å². The van der Waals surface area contributed by atoms with E-state index >= 15 is 0 Å². The third kappa shape index (κ3) is 17.3. The van der Waals surface area contributed by atoms with E-state index in [0.717, 1.165) is 55.4 Å². The fourth-order valence-corrected chi connectivity index (χ4v) is 7.29. The Morgan fingerprint density at radius 1 is 0.672 bits per heavy atom. The van der Waals surface area contributed by atoms with Crippen molar-refractivity contribution >= 4 is 12.2 Å². The topological polar surface area (TPSA) is 240 Å². The van der Waals surface area contributed by atoms with Gasteiger partial charge in [-0.2, -0.15) is 0 Å². The number of aliphatic hydroxyl groups is 4. The maximum atomic E-state index is 13.2. The minimum Gasteiger partial charge on any atom is -0.439 e. The number of carbonyl (C=O) groups excluding carboxylic acids is 2. The highest BCUT2D eigenvalue weighted by molar-refractivity contribution is 5.68. The first-order chi connectivity index (χ1) is 28.1. The Morgan fingerprint density at radius 3 is 1.64 bits per heavy atom. The molecule has 9 atom stereocenters. The number of nitrogens with zero attached hydrogens (tertiary/aromatic N) is 1. The average molecular weight is 829 g/mol. The second kappa shape index (κ2) is 28.4. The van der Waals surface area contributed by atoms with Crippen LogP contribution in [-0.4, -0.2) is 117 Å². The normalized spacial score (nSPS) is 25.7. The molecule has 7 N–H and O–H groups in total. The van der Waals surface area contributed by atoms with E-state index in [1.807, 2.05) is 0 Å². The molecule has 2 saturated heterocycles. The number of H-pyrrole nitrogens is 1. The van der Waals surface area contributed by atoms with Crippen molar-refractivity contribution in [3.63, 3.8) is 0 Å². The molecule has 2 aliphatic heterocycles. The molecule has 1 aromatic heterocycles. The zero-order chi connectivity index (χ0) is 42.1. The number of amides is 2. The molecule has 0 saturated carbocycles. The number of alkyl carbamates (subject to hydrolysis) is 2. The van der Waals surface area contributed by atoms with Gasteiger partial charge in [-0.1, -0.05) is 129 Å². The lowest BCUT2D eigenvalue weighted by Crippen LogP contribution is -2.59. The maximum absolute atomic E-state index is 13.2. The summed E-state index contributed by atoms with van der Waals surface area (Å²) in [5, 5.41) is 46.2. The lowest BCUT2D eigenvalue weighted by atomic mass is 9.99.